The van der Waals surface area contributed by atoms with Crippen LogP contribution in [0, 0.1) is 25.2 Å². The fraction of sp³-hybridized carbons (Fsp3) is 0.333. The van der Waals surface area contributed by atoms with Gasteiger partial charge in [0.15, 0.2) is 0 Å². The predicted molar refractivity (Wildman–Crippen MR) is 60.6 cm³/mol. The summed E-state index contributed by atoms with van der Waals surface area (Å²) in [7, 11) is 1.78. The van der Waals surface area contributed by atoms with Gasteiger partial charge in [-0.2, -0.15) is 14.7 Å². The van der Waals surface area contributed by atoms with Crippen LogP contribution < -0.4 is 5.32 Å². The van der Waals surface area contributed by atoms with Crippen molar-refractivity contribution in [1.82, 2.24) is 19.1 Å². The molecule has 0 aliphatic heterocycles. The lowest BCUT2D eigenvalue weighted by Gasteiger charge is -2.01. The number of rotatable bonds is 2. The first kappa shape index (κ1) is 10.6. The van der Waals surface area contributed by atoms with Crippen molar-refractivity contribution in [3.05, 3.63) is 17.1 Å². The van der Waals surface area contributed by atoms with Gasteiger partial charge in [0.25, 0.3) is 0 Å². The number of nitrogens with zero attached hydrogens (tertiary/aromatic N) is 5. The van der Waals surface area contributed by atoms with E-state index in [1.807, 2.05) is 6.92 Å². The first-order valence-corrected chi connectivity index (χ1v) is 5.40. The monoisotopic (exact) mass is 234 g/mol. The van der Waals surface area contributed by atoms with Gasteiger partial charge in [0.2, 0.25) is 5.13 Å². The van der Waals surface area contributed by atoms with Crippen LogP contribution in [0.3, 0.4) is 0 Å². The Morgan fingerprint density at radius 2 is 2.19 bits per heavy atom. The number of aryl methyl sites for hydroxylation is 3. The summed E-state index contributed by atoms with van der Waals surface area (Å²) in [6, 6.07) is 2.12. The molecule has 2 aromatic heterocycles. The minimum absolute atomic E-state index is 0.537. The molecule has 0 aliphatic carbocycles. The second-order valence-electron chi connectivity index (χ2n) is 3.32. The highest BCUT2D eigenvalue weighted by molar-refractivity contribution is 7.09. The van der Waals surface area contributed by atoms with Crippen molar-refractivity contribution in [1.29, 1.82) is 5.26 Å². The molecule has 0 atom stereocenters. The van der Waals surface area contributed by atoms with Crippen LogP contribution in [-0.4, -0.2) is 19.1 Å². The molecule has 0 aromatic carbocycles. The molecular weight excluding hydrogens is 224 g/mol. The van der Waals surface area contributed by atoms with Gasteiger partial charge in [-0.1, -0.05) is 0 Å². The Kier molecular flexibility index (Phi) is 2.58. The van der Waals surface area contributed by atoms with Crippen LogP contribution in [0.15, 0.2) is 0 Å². The van der Waals surface area contributed by atoms with Crippen molar-refractivity contribution in [2.45, 2.75) is 13.8 Å². The number of nitrogens with one attached hydrogen (secondary N) is 1. The maximum Gasteiger partial charge on any atom is 0.208 e. The van der Waals surface area contributed by atoms with Crippen LogP contribution in [0.5, 0.6) is 0 Å². The van der Waals surface area contributed by atoms with E-state index in [2.05, 4.69) is 25.8 Å². The van der Waals surface area contributed by atoms with Crippen LogP contribution in [0.4, 0.5) is 10.9 Å². The second-order valence-corrected chi connectivity index (χ2v) is 4.07. The molecule has 82 valence electrons. The first-order chi connectivity index (χ1) is 7.61. The normalized spacial score (nSPS) is 10.1. The SMILES string of the molecule is Cc1nsc(Nc2c(C#N)c(C)nn2C)n1. The molecule has 0 radical (unpaired) electrons. The van der Waals surface area contributed by atoms with E-state index in [1.54, 1.807) is 18.7 Å². The van der Waals surface area contributed by atoms with E-state index in [-0.39, 0.29) is 0 Å². The number of hydrogen-bond acceptors (Lipinski definition) is 6. The molecule has 0 aliphatic rings. The zero-order valence-electron chi connectivity index (χ0n) is 9.14. The molecule has 0 bridgehead atoms. The van der Waals surface area contributed by atoms with Crippen LogP contribution in [0.1, 0.15) is 17.1 Å². The topological polar surface area (TPSA) is 79.4 Å². The van der Waals surface area contributed by atoms with Gasteiger partial charge in [0.1, 0.15) is 23.3 Å². The summed E-state index contributed by atoms with van der Waals surface area (Å²) in [5, 5.41) is 16.9. The van der Waals surface area contributed by atoms with E-state index in [0.29, 0.717) is 28.0 Å². The fourth-order valence-electron chi connectivity index (χ4n) is 1.38. The molecule has 7 heteroatoms. The van der Waals surface area contributed by atoms with E-state index in [1.165, 1.54) is 11.5 Å². The first-order valence-electron chi connectivity index (χ1n) is 4.63. The van der Waals surface area contributed by atoms with Crippen molar-refractivity contribution in [3.63, 3.8) is 0 Å². The van der Waals surface area contributed by atoms with Crippen LogP contribution in [0.2, 0.25) is 0 Å². The van der Waals surface area contributed by atoms with Gasteiger partial charge < -0.3 is 5.32 Å². The highest BCUT2D eigenvalue weighted by Gasteiger charge is 2.14. The molecule has 2 heterocycles. The van der Waals surface area contributed by atoms with Gasteiger partial charge in [-0.3, -0.25) is 4.68 Å². The summed E-state index contributed by atoms with van der Waals surface area (Å²) in [5.74, 6) is 1.36. The fourth-order valence-corrected chi connectivity index (χ4v) is 1.96. The van der Waals surface area contributed by atoms with E-state index >= 15 is 0 Å². The van der Waals surface area contributed by atoms with Crippen LogP contribution in [-0.2, 0) is 7.05 Å². The Labute approximate surface area is 96.7 Å². The Bertz CT molecular complexity index is 561. The second kappa shape index (κ2) is 3.90. The zero-order valence-corrected chi connectivity index (χ0v) is 9.96. The summed E-state index contributed by atoms with van der Waals surface area (Å²) in [5.41, 5.74) is 1.24. The molecule has 0 unspecified atom stereocenters. The molecule has 6 nitrogen and oxygen atoms in total. The Morgan fingerprint density at radius 3 is 2.75 bits per heavy atom. The molecule has 1 N–H and O–H groups in total. The molecule has 2 rings (SSSR count). The molecule has 16 heavy (non-hydrogen) atoms. The number of aromatic nitrogens is 4. The van der Waals surface area contributed by atoms with Crippen molar-refractivity contribution < 1.29 is 0 Å². The predicted octanol–water partition coefficient (Wildman–Crippen LogP) is 1.50. The molecule has 0 saturated heterocycles. The summed E-state index contributed by atoms with van der Waals surface area (Å²) >= 11 is 1.26. The van der Waals surface area contributed by atoms with Crippen molar-refractivity contribution in [2.75, 3.05) is 5.32 Å². The van der Waals surface area contributed by atoms with Gasteiger partial charge in [0, 0.05) is 18.6 Å². The van der Waals surface area contributed by atoms with Gasteiger partial charge in [-0.05, 0) is 13.8 Å². The smallest absolute Gasteiger partial charge is 0.208 e. The van der Waals surface area contributed by atoms with Gasteiger partial charge in [-0.25, -0.2) is 4.98 Å². The molecule has 0 spiro atoms. The van der Waals surface area contributed by atoms with Gasteiger partial charge >= 0.3 is 0 Å². The quantitative estimate of drug-likeness (QED) is 0.851. The third kappa shape index (κ3) is 1.75. The Balaban J connectivity index is 2.38. The standard InChI is InChI=1S/C9H10N6S/c1-5-7(4-10)8(15(3)13-5)12-9-11-6(2)14-16-9/h1-3H3,(H,11,12,14). The molecule has 0 saturated carbocycles. The molecule has 0 fully saturated rings. The maximum absolute atomic E-state index is 9.02. The third-order valence-electron chi connectivity index (χ3n) is 2.09. The van der Waals surface area contributed by atoms with Gasteiger partial charge in [0.05, 0.1) is 5.69 Å². The number of nitriles is 1. The van der Waals surface area contributed by atoms with Crippen LogP contribution >= 0.6 is 11.5 Å². The molecule has 2 aromatic rings. The van der Waals surface area contributed by atoms with E-state index in [9.17, 15) is 0 Å². The van der Waals surface area contributed by atoms with Gasteiger partial charge in [-0.15, -0.1) is 0 Å². The Hall–Kier alpha value is -1.94. The van der Waals surface area contributed by atoms with Crippen molar-refractivity contribution >= 4 is 22.5 Å². The van der Waals surface area contributed by atoms with E-state index < -0.39 is 0 Å². The lowest BCUT2D eigenvalue weighted by atomic mass is 10.3. The maximum atomic E-state index is 9.02. The summed E-state index contributed by atoms with van der Waals surface area (Å²) < 4.78 is 5.69. The van der Waals surface area contributed by atoms with E-state index in [0.717, 1.165) is 0 Å². The lowest BCUT2D eigenvalue weighted by Crippen LogP contribution is -2.00. The van der Waals surface area contributed by atoms with Crippen molar-refractivity contribution in [2.24, 2.45) is 7.05 Å². The Morgan fingerprint density at radius 1 is 1.44 bits per heavy atom. The average Bonchev–Trinajstić information content (AvgIpc) is 2.73. The van der Waals surface area contributed by atoms with Crippen LogP contribution in [0.25, 0.3) is 0 Å². The number of hydrogen-bond donors (Lipinski definition) is 1. The minimum atomic E-state index is 0.537. The summed E-state index contributed by atoms with van der Waals surface area (Å²) in [6.45, 7) is 3.62. The zero-order chi connectivity index (χ0) is 11.7. The largest absolute Gasteiger partial charge is 0.314 e. The highest BCUT2D eigenvalue weighted by atomic mass is 32.1. The summed E-state index contributed by atoms with van der Waals surface area (Å²) in [6.07, 6.45) is 0. The average molecular weight is 234 g/mol. The van der Waals surface area contributed by atoms with Crippen molar-refractivity contribution in [3.8, 4) is 6.07 Å². The molecular formula is C9H10N6S. The number of anilines is 2. The van der Waals surface area contributed by atoms with E-state index in [4.69, 9.17) is 5.26 Å². The highest BCUT2D eigenvalue weighted by Crippen LogP contribution is 2.23. The lowest BCUT2D eigenvalue weighted by molar-refractivity contribution is 0.764. The molecule has 0 amide bonds. The third-order valence-corrected chi connectivity index (χ3v) is 2.81. The summed E-state index contributed by atoms with van der Waals surface area (Å²) in [4.78, 5) is 4.18. The minimum Gasteiger partial charge on any atom is -0.314 e.